The quantitative estimate of drug-likeness (QED) is 0.336. The Labute approximate surface area is 176 Å². The Balaban J connectivity index is 1.83. The highest BCUT2D eigenvalue weighted by Crippen LogP contribution is 2.35. The van der Waals surface area contributed by atoms with Gasteiger partial charge in [-0.15, -0.1) is 0 Å². The van der Waals surface area contributed by atoms with E-state index in [1.54, 1.807) is 6.07 Å². The van der Waals surface area contributed by atoms with Crippen LogP contribution in [0.5, 0.6) is 0 Å². The van der Waals surface area contributed by atoms with Crippen molar-refractivity contribution in [3.63, 3.8) is 0 Å². The van der Waals surface area contributed by atoms with Crippen LogP contribution in [0.3, 0.4) is 0 Å². The number of nitrogen functional groups attached to an aromatic ring is 1. The molecule has 11 heteroatoms. The molecule has 0 bridgehead atoms. The van der Waals surface area contributed by atoms with Gasteiger partial charge >= 0.3 is 12.4 Å². The largest absolute Gasteiger partial charge is 0.433 e. The molecule has 0 amide bonds. The third kappa shape index (κ3) is 4.34. The Kier molecular flexibility index (Phi) is 5.00. The fourth-order valence-electron chi connectivity index (χ4n) is 2.86. The number of pyridine rings is 1. The zero-order chi connectivity index (χ0) is 23.1. The van der Waals surface area contributed by atoms with E-state index in [2.05, 4.69) is 26.9 Å². The SMILES string of the molecule is Nc1ccc(C#Cc2cc3nc(-c4cccc(C(F)(F)F)c4)cc(C(F)(F)F)n3n2)cn1. The molecule has 2 N–H and O–H groups in total. The molecule has 5 nitrogen and oxygen atoms in total. The van der Waals surface area contributed by atoms with Gasteiger partial charge in [0.1, 0.15) is 11.5 Å². The van der Waals surface area contributed by atoms with Crippen molar-refractivity contribution < 1.29 is 26.3 Å². The van der Waals surface area contributed by atoms with Gasteiger partial charge in [0.2, 0.25) is 0 Å². The van der Waals surface area contributed by atoms with E-state index >= 15 is 0 Å². The first-order valence-corrected chi connectivity index (χ1v) is 8.90. The van der Waals surface area contributed by atoms with Crippen molar-refractivity contribution >= 4 is 11.5 Å². The van der Waals surface area contributed by atoms with Gasteiger partial charge < -0.3 is 5.73 Å². The molecule has 4 rings (SSSR count). The molecule has 3 aromatic heterocycles. The molecule has 0 saturated carbocycles. The standard InChI is InChI=1S/C21H11F6N5/c22-20(23,24)14-3-1-2-13(8-14)16-10-17(21(25,26)27)32-19(30-16)9-15(31-32)6-4-12-5-7-18(28)29-11-12/h1-3,5,7-11H,(H2,28,29). The van der Waals surface area contributed by atoms with Crippen molar-refractivity contribution in [3.8, 4) is 23.1 Å². The average Bonchev–Trinajstić information content (AvgIpc) is 3.14. The highest BCUT2D eigenvalue weighted by molar-refractivity contribution is 5.64. The van der Waals surface area contributed by atoms with Crippen LogP contribution in [0.15, 0.2) is 54.7 Å². The van der Waals surface area contributed by atoms with Gasteiger partial charge in [0.15, 0.2) is 11.3 Å². The number of halogens is 6. The second-order valence-corrected chi connectivity index (χ2v) is 6.62. The van der Waals surface area contributed by atoms with E-state index in [4.69, 9.17) is 5.73 Å². The Bertz CT molecular complexity index is 1360. The van der Waals surface area contributed by atoms with Gasteiger partial charge in [-0.2, -0.15) is 31.4 Å². The number of alkyl halides is 6. The van der Waals surface area contributed by atoms with Gasteiger partial charge in [-0.25, -0.2) is 14.5 Å². The van der Waals surface area contributed by atoms with E-state index in [0.717, 1.165) is 18.2 Å². The molecule has 0 aliphatic heterocycles. The van der Waals surface area contributed by atoms with Crippen LogP contribution in [-0.4, -0.2) is 19.6 Å². The van der Waals surface area contributed by atoms with Crippen molar-refractivity contribution in [2.24, 2.45) is 0 Å². The second kappa shape index (κ2) is 7.56. The maximum absolute atomic E-state index is 13.7. The number of anilines is 1. The van der Waals surface area contributed by atoms with Crippen molar-refractivity contribution in [2.75, 3.05) is 5.73 Å². The van der Waals surface area contributed by atoms with Crippen LogP contribution in [-0.2, 0) is 12.4 Å². The lowest BCUT2D eigenvalue weighted by Crippen LogP contribution is -2.14. The van der Waals surface area contributed by atoms with Crippen LogP contribution in [0, 0.1) is 11.8 Å². The van der Waals surface area contributed by atoms with Gasteiger partial charge in [-0.1, -0.05) is 18.1 Å². The van der Waals surface area contributed by atoms with Crippen molar-refractivity contribution in [2.45, 2.75) is 12.4 Å². The number of aromatic nitrogens is 4. The third-order valence-electron chi connectivity index (χ3n) is 4.32. The van der Waals surface area contributed by atoms with E-state index in [0.29, 0.717) is 16.1 Å². The molecule has 0 unspecified atom stereocenters. The van der Waals surface area contributed by atoms with Crippen LogP contribution in [0.25, 0.3) is 16.9 Å². The van der Waals surface area contributed by atoms with Crippen LogP contribution in [0.2, 0.25) is 0 Å². The minimum Gasteiger partial charge on any atom is -0.384 e. The first-order chi connectivity index (χ1) is 15.0. The molecule has 0 aliphatic rings. The molecule has 3 heterocycles. The highest BCUT2D eigenvalue weighted by atomic mass is 19.4. The lowest BCUT2D eigenvalue weighted by atomic mass is 10.1. The molecule has 0 radical (unpaired) electrons. The smallest absolute Gasteiger partial charge is 0.384 e. The van der Waals surface area contributed by atoms with E-state index in [9.17, 15) is 26.3 Å². The molecule has 0 saturated heterocycles. The number of rotatable bonds is 1. The number of fused-ring (bicyclic) bond motifs is 1. The lowest BCUT2D eigenvalue weighted by molar-refractivity contribution is -0.142. The number of benzene rings is 1. The lowest BCUT2D eigenvalue weighted by Gasteiger charge is -2.12. The molecule has 162 valence electrons. The van der Waals surface area contributed by atoms with E-state index < -0.39 is 23.6 Å². The molecule has 0 aliphatic carbocycles. The minimum absolute atomic E-state index is 0.0129. The molecular formula is C21H11F6N5. The van der Waals surface area contributed by atoms with Gasteiger partial charge in [0.25, 0.3) is 0 Å². The summed E-state index contributed by atoms with van der Waals surface area (Å²) in [6.45, 7) is 0. The van der Waals surface area contributed by atoms with Crippen LogP contribution < -0.4 is 5.73 Å². The Morgan fingerprint density at radius 1 is 0.875 bits per heavy atom. The predicted octanol–water partition coefficient (Wildman–Crippen LogP) is 4.81. The Hall–Kier alpha value is -4.07. The molecular weight excluding hydrogens is 436 g/mol. The summed E-state index contributed by atoms with van der Waals surface area (Å²) in [5, 5.41) is 3.84. The molecule has 0 spiro atoms. The normalized spacial score (nSPS) is 11.9. The summed E-state index contributed by atoms with van der Waals surface area (Å²) in [7, 11) is 0. The summed E-state index contributed by atoms with van der Waals surface area (Å²) >= 11 is 0. The van der Waals surface area contributed by atoms with E-state index in [1.165, 1.54) is 24.4 Å². The van der Waals surface area contributed by atoms with Crippen molar-refractivity contribution in [3.05, 3.63) is 77.2 Å². The highest BCUT2D eigenvalue weighted by Gasteiger charge is 2.36. The molecule has 0 atom stereocenters. The summed E-state index contributed by atoms with van der Waals surface area (Å²) in [5.41, 5.74) is 3.13. The zero-order valence-corrected chi connectivity index (χ0v) is 15.8. The number of hydrogen-bond donors (Lipinski definition) is 1. The summed E-state index contributed by atoms with van der Waals surface area (Å²) < 4.78 is 80.6. The van der Waals surface area contributed by atoms with Gasteiger partial charge in [-0.3, -0.25) is 0 Å². The van der Waals surface area contributed by atoms with Crippen molar-refractivity contribution in [1.82, 2.24) is 19.6 Å². The van der Waals surface area contributed by atoms with Crippen LogP contribution >= 0.6 is 0 Å². The van der Waals surface area contributed by atoms with Gasteiger partial charge in [-0.05, 0) is 36.3 Å². The average molecular weight is 447 g/mol. The minimum atomic E-state index is -4.84. The zero-order valence-electron chi connectivity index (χ0n) is 15.8. The first-order valence-electron chi connectivity index (χ1n) is 8.90. The number of nitrogens with two attached hydrogens (primary N) is 1. The molecule has 32 heavy (non-hydrogen) atoms. The van der Waals surface area contributed by atoms with Crippen molar-refractivity contribution in [1.29, 1.82) is 0 Å². The topological polar surface area (TPSA) is 69.1 Å². The predicted molar refractivity (Wildman–Crippen MR) is 103 cm³/mol. The monoisotopic (exact) mass is 447 g/mol. The van der Waals surface area contributed by atoms with Gasteiger partial charge in [0.05, 0.1) is 11.3 Å². The molecule has 1 aromatic carbocycles. The fraction of sp³-hybridized carbons (Fsp3) is 0.0952. The maximum atomic E-state index is 13.7. The Morgan fingerprint density at radius 2 is 1.66 bits per heavy atom. The second-order valence-electron chi connectivity index (χ2n) is 6.62. The first kappa shape index (κ1) is 21.2. The van der Waals surface area contributed by atoms with E-state index in [-0.39, 0.29) is 28.4 Å². The number of nitrogens with zero attached hydrogens (tertiary/aromatic N) is 4. The number of hydrogen-bond acceptors (Lipinski definition) is 4. The van der Waals surface area contributed by atoms with E-state index in [1.807, 2.05) is 0 Å². The molecule has 0 fully saturated rings. The molecule has 4 aromatic rings. The van der Waals surface area contributed by atoms with Gasteiger partial charge in [0, 0.05) is 23.4 Å². The summed E-state index contributed by atoms with van der Waals surface area (Å²) in [6.07, 6.45) is -8.10. The summed E-state index contributed by atoms with van der Waals surface area (Å²) in [6, 6.07) is 8.87. The maximum Gasteiger partial charge on any atom is 0.433 e. The van der Waals surface area contributed by atoms with Crippen LogP contribution in [0.1, 0.15) is 22.5 Å². The summed E-state index contributed by atoms with van der Waals surface area (Å²) in [5.74, 6) is 5.60. The third-order valence-corrected chi connectivity index (χ3v) is 4.32. The summed E-state index contributed by atoms with van der Waals surface area (Å²) in [4.78, 5) is 7.93. The Morgan fingerprint density at radius 3 is 2.31 bits per heavy atom. The van der Waals surface area contributed by atoms with Crippen LogP contribution in [0.4, 0.5) is 32.2 Å². The fourth-order valence-corrected chi connectivity index (χ4v) is 2.86.